The molecule has 1 fully saturated rings. The van der Waals surface area contributed by atoms with Gasteiger partial charge < -0.3 is 14.8 Å². The molecule has 2 aromatic heterocycles. The Bertz CT molecular complexity index is 1400. The van der Waals surface area contributed by atoms with Crippen LogP contribution in [0.2, 0.25) is 0 Å². The minimum Gasteiger partial charge on any atom is -0.496 e. The third kappa shape index (κ3) is 4.66. The fraction of sp³-hybridized carbons (Fsp3) is 0.391. The number of carbonyl (C=O) groups excluding carboxylic acids is 1. The second-order valence-corrected chi connectivity index (χ2v) is 11.4. The van der Waals surface area contributed by atoms with Crippen LogP contribution in [-0.4, -0.2) is 56.1 Å². The molecule has 0 bridgehead atoms. The first-order valence-corrected chi connectivity index (χ1v) is 12.5. The van der Waals surface area contributed by atoms with E-state index in [1.54, 1.807) is 32.2 Å². The van der Waals surface area contributed by atoms with Gasteiger partial charge in [-0.2, -0.15) is 13.9 Å². The van der Waals surface area contributed by atoms with Crippen molar-refractivity contribution in [3.8, 4) is 22.6 Å². The van der Waals surface area contributed by atoms with Gasteiger partial charge in [0.1, 0.15) is 23.2 Å². The molecule has 2 heterocycles. The third-order valence-electron chi connectivity index (χ3n) is 6.21. The molecule has 0 radical (unpaired) electrons. The maximum Gasteiger partial charge on any atom is 0.387 e. The van der Waals surface area contributed by atoms with Crippen LogP contribution in [-0.2, 0) is 14.6 Å². The molecule has 4 rings (SSSR count). The zero-order valence-corrected chi connectivity index (χ0v) is 20.2. The van der Waals surface area contributed by atoms with E-state index in [9.17, 15) is 26.4 Å². The van der Waals surface area contributed by atoms with Gasteiger partial charge in [-0.3, -0.25) is 4.79 Å². The molecule has 0 saturated heterocycles. The highest BCUT2D eigenvalue weighted by atomic mass is 32.2. The fourth-order valence-corrected chi connectivity index (χ4v) is 4.20. The summed E-state index contributed by atoms with van der Waals surface area (Å²) in [4.78, 5) is 12.7. The Morgan fingerprint density at radius 2 is 1.91 bits per heavy atom. The number of nitrogens with one attached hydrogen (secondary N) is 1. The molecular formula is C23H24F3N3O5S. The average molecular weight is 512 g/mol. The molecule has 1 aliphatic carbocycles. The van der Waals surface area contributed by atoms with E-state index in [1.807, 2.05) is 0 Å². The van der Waals surface area contributed by atoms with Crippen LogP contribution in [0.15, 0.2) is 36.7 Å². The number of alkyl halides is 3. The first-order chi connectivity index (χ1) is 16.3. The van der Waals surface area contributed by atoms with E-state index in [0.29, 0.717) is 22.2 Å². The zero-order chi connectivity index (χ0) is 25.7. The maximum atomic E-state index is 13.3. The molecule has 8 nitrogen and oxygen atoms in total. The Hall–Kier alpha value is -3.28. The van der Waals surface area contributed by atoms with Gasteiger partial charge in [-0.1, -0.05) is 6.07 Å². The maximum absolute atomic E-state index is 13.3. The van der Waals surface area contributed by atoms with Crippen molar-refractivity contribution in [2.45, 2.75) is 43.8 Å². The Balaban J connectivity index is 1.80. The standard InChI is InChI=1S/C23H24F3N3O5S/c1-23(2,35(4,31)32)13-5-6-17-14(10-27-29(17)11-13)12-7-18(33-3)20(19(8-12)34-22(25)26)21(30)28-16-9-15(16)24/h5-8,10-11,15-16,22H,9H2,1-4H3,(H,28,30)/t15-,16+/m0/s1. The Labute approximate surface area is 199 Å². The van der Waals surface area contributed by atoms with Crippen LogP contribution in [0.5, 0.6) is 11.5 Å². The molecule has 1 aliphatic rings. The highest BCUT2D eigenvalue weighted by molar-refractivity contribution is 7.91. The number of carbonyl (C=O) groups is 1. The number of hydrogen-bond donors (Lipinski definition) is 1. The fourth-order valence-electron chi connectivity index (χ4n) is 3.65. The number of aromatic nitrogens is 2. The van der Waals surface area contributed by atoms with Crippen LogP contribution in [0.1, 0.15) is 36.2 Å². The zero-order valence-electron chi connectivity index (χ0n) is 19.4. The van der Waals surface area contributed by atoms with E-state index in [4.69, 9.17) is 4.74 Å². The highest BCUT2D eigenvalue weighted by Crippen LogP contribution is 2.39. The summed E-state index contributed by atoms with van der Waals surface area (Å²) >= 11 is 0. The lowest BCUT2D eigenvalue weighted by Crippen LogP contribution is -2.28. The van der Waals surface area contributed by atoms with Crippen LogP contribution in [0.3, 0.4) is 0 Å². The predicted octanol–water partition coefficient (Wildman–Crippen LogP) is 3.73. The summed E-state index contributed by atoms with van der Waals surface area (Å²) in [6.07, 6.45) is 3.18. The lowest BCUT2D eigenvalue weighted by molar-refractivity contribution is -0.0502. The van der Waals surface area contributed by atoms with E-state index >= 15 is 0 Å². The van der Waals surface area contributed by atoms with Crippen LogP contribution in [0.4, 0.5) is 13.2 Å². The molecule has 3 aromatic rings. The number of sulfone groups is 1. The van der Waals surface area contributed by atoms with Gasteiger partial charge in [0.05, 0.1) is 29.6 Å². The van der Waals surface area contributed by atoms with Gasteiger partial charge in [0.25, 0.3) is 5.91 Å². The lowest BCUT2D eigenvalue weighted by atomic mass is 10.0. The molecule has 2 atom stereocenters. The minimum atomic E-state index is -3.42. The first kappa shape index (κ1) is 24.8. The second kappa shape index (κ2) is 8.74. The van der Waals surface area contributed by atoms with E-state index in [1.165, 1.54) is 30.0 Å². The molecule has 0 aliphatic heterocycles. The van der Waals surface area contributed by atoms with E-state index in [2.05, 4.69) is 15.2 Å². The number of fused-ring (bicyclic) bond motifs is 1. The van der Waals surface area contributed by atoms with Crippen molar-refractivity contribution in [3.63, 3.8) is 0 Å². The van der Waals surface area contributed by atoms with Gasteiger partial charge in [0, 0.05) is 24.4 Å². The third-order valence-corrected chi connectivity index (χ3v) is 8.30. The van der Waals surface area contributed by atoms with Gasteiger partial charge in [0.2, 0.25) is 0 Å². The van der Waals surface area contributed by atoms with Crippen molar-refractivity contribution in [2.75, 3.05) is 13.4 Å². The summed E-state index contributed by atoms with van der Waals surface area (Å²) in [5, 5.41) is 6.72. The van der Waals surface area contributed by atoms with Crippen LogP contribution < -0.4 is 14.8 Å². The van der Waals surface area contributed by atoms with Gasteiger partial charge in [0.15, 0.2) is 9.84 Å². The van der Waals surface area contributed by atoms with Crippen molar-refractivity contribution >= 4 is 21.3 Å². The molecule has 1 amide bonds. The van der Waals surface area contributed by atoms with E-state index in [0.717, 1.165) is 6.26 Å². The lowest BCUT2D eigenvalue weighted by Gasteiger charge is -2.23. The molecule has 1 aromatic carbocycles. The van der Waals surface area contributed by atoms with Crippen molar-refractivity contribution in [1.82, 2.24) is 14.9 Å². The molecule has 0 unspecified atom stereocenters. The number of halogens is 3. The SMILES string of the molecule is COc1cc(-c2cnn3cc(C(C)(C)S(C)(=O)=O)ccc23)cc(OC(F)F)c1C(=O)N[C@@H]1C[C@@H]1F. The number of hydrogen-bond acceptors (Lipinski definition) is 6. The molecule has 0 spiro atoms. The summed E-state index contributed by atoms with van der Waals surface area (Å²) in [6.45, 7) is -0.0481. The summed E-state index contributed by atoms with van der Waals surface area (Å²) in [5.74, 6) is -1.26. The van der Waals surface area contributed by atoms with E-state index < -0.39 is 45.1 Å². The molecule has 1 N–H and O–H groups in total. The number of nitrogens with zero attached hydrogens (tertiary/aromatic N) is 2. The van der Waals surface area contributed by atoms with Crippen LogP contribution in [0.25, 0.3) is 16.6 Å². The van der Waals surface area contributed by atoms with Gasteiger partial charge in [-0.25, -0.2) is 17.3 Å². The molecule has 188 valence electrons. The Morgan fingerprint density at radius 3 is 2.49 bits per heavy atom. The number of pyridine rings is 1. The smallest absolute Gasteiger partial charge is 0.387 e. The first-order valence-electron chi connectivity index (χ1n) is 10.6. The number of amides is 1. The number of methoxy groups -OCH3 is 1. The van der Waals surface area contributed by atoms with E-state index in [-0.39, 0.29) is 17.7 Å². The second-order valence-electron chi connectivity index (χ2n) is 8.85. The van der Waals surface area contributed by atoms with Gasteiger partial charge >= 0.3 is 6.61 Å². The number of benzene rings is 1. The quantitative estimate of drug-likeness (QED) is 0.495. The topological polar surface area (TPSA) is 99.0 Å². The summed E-state index contributed by atoms with van der Waals surface area (Å²) in [7, 11) is -2.15. The van der Waals surface area contributed by atoms with Crippen LogP contribution >= 0.6 is 0 Å². The Morgan fingerprint density at radius 1 is 1.26 bits per heavy atom. The number of ether oxygens (including phenoxy) is 2. The normalized spacial score (nSPS) is 18.1. The molecule has 1 saturated carbocycles. The van der Waals surface area contributed by atoms with Crippen molar-refractivity contribution in [1.29, 1.82) is 0 Å². The number of rotatable bonds is 8. The van der Waals surface area contributed by atoms with Crippen LogP contribution in [0, 0.1) is 0 Å². The molecular weight excluding hydrogens is 487 g/mol. The van der Waals surface area contributed by atoms with Gasteiger partial charge in [-0.15, -0.1) is 0 Å². The Kier molecular flexibility index (Phi) is 6.20. The summed E-state index contributed by atoms with van der Waals surface area (Å²) in [6, 6.07) is 5.36. The van der Waals surface area contributed by atoms with Gasteiger partial charge in [-0.05, 0) is 43.2 Å². The van der Waals surface area contributed by atoms with Crippen molar-refractivity contribution < 1.29 is 35.9 Å². The van der Waals surface area contributed by atoms with Crippen molar-refractivity contribution in [3.05, 3.63) is 47.8 Å². The predicted molar refractivity (Wildman–Crippen MR) is 122 cm³/mol. The summed E-state index contributed by atoms with van der Waals surface area (Å²) < 4.78 is 74.3. The monoisotopic (exact) mass is 511 g/mol. The highest BCUT2D eigenvalue weighted by Gasteiger charge is 2.40. The summed E-state index contributed by atoms with van der Waals surface area (Å²) in [5.41, 5.74) is 1.67. The molecule has 35 heavy (non-hydrogen) atoms. The molecule has 12 heteroatoms. The minimum absolute atomic E-state index is 0.0408. The largest absolute Gasteiger partial charge is 0.496 e. The van der Waals surface area contributed by atoms with Crippen molar-refractivity contribution in [2.24, 2.45) is 0 Å². The average Bonchev–Trinajstić information content (AvgIpc) is 3.29.